The van der Waals surface area contributed by atoms with Crippen molar-refractivity contribution in [2.75, 3.05) is 19.6 Å². The number of carboxylic acid groups (broad SMARTS) is 1. The number of hydrogen-bond acceptors (Lipinski definition) is 2. The van der Waals surface area contributed by atoms with E-state index in [-0.39, 0.29) is 0 Å². The molecule has 1 aliphatic carbocycles. The minimum absolute atomic E-state index is 0.482. The van der Waals surface area contributed by atoms with Crippen molar-refractivity contribution >= 4 is 5.97 Å². The average Bonchev–Trinajstić information content (AvgIpc) is 2.42. The molecule has 1 N–H and O–H groups in total. The summed E-state index contributed by atoms with van der Waals surface area (Å²) in [5, 5.41) is 9.07. The van der Waals surface area contributed by atoms with Gasteiger partial charge in [-0.3, -0.25) is 4.79 Å². The van der Waals surface area contributed by atoms with Crippen molar-refractivity contribution in [1.29, 1.82) is 0 Å². The zero-order valence-corrected chi connectivity index (χ0v) is 8.83. The third-order valence-corrected chi connectivity index (χ3v) is 3.81. The monoisotopic (exact) mass is 197 g/mol. The van der Waals surface area contributed by atoms with Crippen LogP contribution in [0.1, 0.15) is 32.6 Å². The van der Waals surface area contributed by atoms with Gasteiger partial charge in [0.15, 0.2) is 0 Å². The van der Waals surface area contributed by atoms with Crippen molar-refractivity contribution in [2.45, 2.75) is 32.6 Å². The van der Waals surface area contributed by atoms with Crippen molar-refractivity contribution in [3.8, 4) is 0 Å². The summed E-state index contributed by atoms with van der Waals surface area (Å²) in [5.74, 6) is 0.222. The van der Waals surface area contributed by atoms with Crippen LogP contribution in [0.5, 0.6) is 0 Å². The van der Waals surface area contributed by atoms with Gasteiger partial charge in [-0.25, -0.2) is 0 Å². The lowest BCUT2D eigenvalue weighted by molar-refractivity contribution is -0.147. The second kappa shape index (κ2) is 3.54. The van der Waals surface area contributed by atoms with E-state index in [0.29, 0.717) is 0 Å². The van der Waals surface area contributed by atoms with Crippen LogP contribution in [0.3, 0.4) is 0 Å². The zero-order valence-electron chi connectivity index (χ0n) is 8.83. The summed E-state index contributed by atoms with van der Waals surface area (Å²) in [6.07, 6.45) is 4.88. The summed E-state index contributed by atoms with van der Waals surface area (Å²) in [6.45, 7) is 4.72. The Labute approximate surface area is 85.1 Å². The van der Waals surface area contributed by atoms with Gasteiger partial charge in [-0.15, -0.1) is 0 Å². The number of nitrogens with zero attached hydrogens (tertiary/aromatic N) is 1. The van der Waals surface area contributed by atoms with Gasteiger partial charge in [0.1, 0.15) is 0 Å². The third-order valence-electron chi connectivity index (χ3n) is 3.81. The fourth-order valence-electron chi connectivity index (χ4n) is 2.43. The predicted octanol–water partition coefficient (Wildman–Crippen LogP) is 1.58. The molecule has 1 aliphatic heterocycles. The van der Waals surface area contributed by atoms with Gasteiger partial charge >= 0.3 is 5.97 Å². The van der Waals surface area contributed by atoms with E-state index in [1.807, 2.05) is 6.92 Å². The Balaban J connectivity index is 1.84. The lowest BCUT2D eigenvalue weighted by atomic mass is 9.85. The van der Waals surface area contributed by atoms with E-state index < -0.39 is 11.4 Å². The van der Waals surface area contributed by atoms with E-state index in [0.717, 1.165) is 32.0 Å². The molecule has 2 fully saturated rings. The van der Waals surface area contributed by atoms with Crippen molar-refractivity contribution in [1.82, 2.24) is 4.90 Å². The first kappa shape index (κ1) is 9.97. The van der Waals surface area contributed by atoms with Crippen LogP contribution < -0.4 is 0 Å². The van der Waals surface area contributed by atoms with Crippen molar-refractivity contribution in [3.63, 3.8) is 0 Å². The summed E-state index contributed by atoms with van der Waals surface area (Å²) in [5.41, 5.74) is -0.482. The smallest absolute Gasteiger partial charge is 0.310 e. The highest BCUT2D eigenvalue weighted by atomic mass is 16.4. The molecule has 1 heterocycles. The number of aliphatic carboxylic acids is 1. The molecule has 14 heavy (non-hydrogen) atoms. The molecule has 0 radical (unpaired) electrons. The first-order valence-corrected chi connectivity index (χ1v) is 5.56. The van der Waals surface area contributed by atoms with Gasteiger partial charge in [-0.2, -0.15) is 0 Å². The van der Waals surface area contributed by atoms with Gasteiger partial charge in [0.05, 0.1) is 5.41 Å². The quantitative estimate of drug-likeness (QED) is 0.746. The molecule has 1 saturated carbocycles. The topological polar surface area (TPSA) is 40.5 Å². The molecular formula is C11H19NO2. The predicted molar refractivity (Wildman–Crippen MR) is 54.1 cm³/mol. The standard InChI is InChI=1S/C11H19NO2/c1-11(10(13)14)5-6-12(8-11)7-9-3-2-4-9/h9H,2-8H2,1H3,(H,13,14). The highest BCUT2D eigenvalue weighted by Gasteiger charge is 2.40. The Morgan fingerprint density at radius 1 is 1.57 bits per heavy atom. The first-order valence-electron chi connectivity index (χ1n) is 5.56. The molecular weight excluding hydrogens is 178 g/mol. The molecule has 0 aromatic heterocycles. The molecule has 0 spiro atoms. The van der Waals surface area contributed by atoms with Crippen LogP contribution in [0.2, 0.25) is 0 Å². The van der Waals surface area contributed by atoms with E-state index in [9.17, 15) is 4.79 Å². The van der Waals surface area contributed by atoms with Crippen LogP contribution in [-0.4, -0.2) is 35.6 Å². The minimum atomic E-state index is -0.631. The van der Waals surface area contributed by atoms with Gasteiger partial charge in [-0.05, 0) is 38.6 Å². The second-order valence-corrected chi connectivity index (χ2v) is 5.15. The molecule has 80 valence electrons. The Kier molecular flexibility index (Phi) is 2.52. The van der Waals surface area contributed by atoms with E-state index in [2.05, 4.69) is 4.90 Å². The molecule has 0 aromatic carbocycles. The lowest BCUT2D eigenvalue weighted by Gasteiger charge is -2.30. The van der Waals surface area contributed by atoms with Gasteiger partial charge in [-0.1, -0.05) is 6.42 Å². The Morgan fingerprint density at radius 2 is 2.29 bits per heavy atom. The molecule has 0 aromatic rings. The normalized spacial score (nSPS) is 34.4. The highest BCUT2D eigenvalue weighted by molar-refractivity contribution is 5.74. The van der Waals surface area contributed by atoms with Crippen LogP contribution in [-0.2, 0) is 4.79 Å². The molecule has 3 heteroatoms. The third kappa shape index (κ3) is 1.78. The van der Waals surface area contributed by atoms with Crippen LogP contribution in [0, 0.1) is 11.3 Å². The van der Waals surface area contributed by atoms with Gasteiger partial charge in [0, 0.05) is 13.1 Å². The van der Waals surface area contributed by atoms with Crippen LogP contribution in [0.15, 0.2) is 0 Å². The Morgan fingerprint density at radius 3 is 2.71 bits per heavy atom. The summed E-state index contributed by atoms with van der Waals surface area (Å²) in [4.78, 5) is 13.3. The summed E-state index contributed by atoms with van der Waals surface area (Å²) in [7, 11) is 0. The van der Waals surface area contributed by atoms with Gasteiger partial charge in [0.25, 0.3) is 0 Å². The molecule has 0 bridgehead atoms. The molecule has 1 unspecified atom stereocenters. The number of hydrogen-bond donors (Lipinski definition) is 1. The number of carbonyl (C=O) groups is 1. The summed E-state index contributed by atoms with van der Waals surface area (Å²) < 4.78 is 0. The average molecular weight is 197 g/mol. The summed E-state index contributed by atoms with van der Waals surface area (Å²) >= 11 is 0. The van der Waals surface area contributed by atoms with Crippen molar-refractivity contribution in [3.05, 3.63) is 0 Å². The summed E-state index contributed by atoms with van der Waals surface area (Å²) in [6, 6.07) is 0. The highest BCUT2D eigenvalue weighted by Crippen LogP contribution is 2.33. The molecule has 1 atom stereocenters. The van der Waals surface area contributed by atoms with Crippen molar-refractivity contribution < 1.29 is 9.90 Å². The SMILES string of the molecule is CC1(C(=O)O)CCN(CC2CCC2)C1. The van der Waals surface area contributed by atoms with Gasteiger partial charge < -0.3 is 10.0 Å². The second-order valence-electron chi connectivity index (χ2n) is 5.15. The van der Waals surface area contributed by atoms with E-state index in [1.54, 1.807) is 0 Å². The minimum Gasteiger partial charge on any atom is -0.481 e. The van der Waals surface area contributed by atoms with E-state index >= 15 is 0 Å². The Hall–Kier alpha value is -0.570. The van der Waals surface area contributed by atoms with Crippen LogP contribution in [0.25, 0.3) is 0 Å². The zero-order chi connectivity index (χ0) is 10.2. The molecule has 2 rings (SSSR count). The maximum absolute atomic E-state index is 11.0. The number of likely N-dealkylation sites (tertiary alicyclic amines) is 1. The fourth-order valence-corrected chi connectivity index (χ4v) is 2.43. The maximum Gasteiger partial charge on any atom is 0.310 e. The lowest BCUT2D eigenvalue weighted by Crippen LogP contribution is -2.35. The molecule has 3 nitrogen and oxygen atoms in total. The van der Waals surface area contributed by atoms with E-state index in [4.69, 9.17) is 5.11 Å². The first-order chi connectivity index (χ1) is 6.60. The van der Waals surface area contributed by atoms with Crippen molar-refractivity contribution in [2.24, 2.45) is 11.3 Å². The molecule has 1 saturated heterocycles. The van der Waals surface area contributed by atoms with E-state index in [1.165, 1.54) is 19.3 Å². The Bertz CT molecular complexity index is 237. The molecule has 0 amide bonds. The number of rotatable bonds is 3. The number of carboxylic acids is 1. The van der Waals surface area contributed by atoms with Crippen LogP contribution in [0.4, 0.5) is 0 Å². The van der Waals surface area contributed by atoms with Crippen LogP contribution >= 0.6 is 0 Å². The molecule has 2 aliphatic rings. The largest absolute Gasteiger partial charge is 0.481 e. The maximum atomic E-state index is 11.0. The fraction of sp³-hybridized carbons (Fsp3) is 0.909. The van der Waals surface area contributed by atoms with Gasteiger partial charge in [0.2, 0.25) is 0 Å².